The van der Waals surface area contributed by atoms with Crippen LogP contribution in [0.2, 0.25) is 0 Å². The monoisotopic (exact) mass is 940 g/mol. The molecule has 3 unspecified atom stereocenters. The van der Waals surface area contributed by atoms with Crippen LogP contribution in [0.5, 0.6) is 0 Å². The highest BCUT2D eigenvalue weighted by Crippen LogP contribution is 2.44. The van der Waals surface area contributed by atoms with Gasteiger partial charge in [0.15, 0.2) is 0 Å². The summed E-state index contributed by atoms with van der Waals surface area (Å²) in [5.74, 6) is -2.84. The molecule has 3 aromatic rings. The Kier molecular flexibility index (Phi) is 19.2. The summed E-state index contributed by atoms with van der Waals surface area (Å²) < 4.78 is 18.0. The number of aliphatic hydroxyl groups is 1. The maximum Gasteiger partial charge on any atom is 0.410 e. The quantitative estimate of drug-likeness (QED) is 0.0945. The molecule has 1 aliphatic heterocycles. The molecule has 5 rings (SSSR count). The molecule has 14 heteroatoms. The largest absolute Gasteiger partial charge is 0.448 e. The molecule has 3 aromatic carbocycles. The molecule has 0 bridgehead atoms. The molecule has 1 fully saturated rings. The van der Waals surface area contributed by atoms with Crippen molar-refractivity contribution in [1.82, 2.24) is 25.3 Å². The number of aliphatic hydroxyl groups excluding tert-OH is 1. The number of hydrogen-bond donors (Lipinski definition) is 3. The van der Waals surface area contributed by atoms with Crippen molar-refractivity contribution in [2.45, 2.75) is 136 Å². The van der Waals surface area contributed by atoms with E-state index in [4.69, 9.17) is 14.2 Å². The van der Waals surface area contributed by atoms with Gasteiger partial charge in [-0.2, -0.15) is 0 Å². The third-order valence-corrected chi connectivity index (χ3v) is 14.4. The second kappa shape index (κ2) is 24.3. The highest BCUT2D eigenvalue weighted by atomic mass is 16.6. The zero-order valence-electron chi connectivity index (χ0n) is 42.3. The van der Waals surface area contributed by atoms with Gasteiger partial charge in [0.1, 0.15) is 18.7 Å². The summed E-state index contributed by atoms with van der Waals surface area (Å²) in [5, 5.41) is 16.9. The number of amides is 5. The number of likely N-dealkylation sites (N-methyl/N-ethyl adjacent to an activating group) is 2. The Morgan fingerprint density at radius 3 is 1.90 bits per heavy atom. The number of ether oxygens (including phenoxy) is 3. The summed E-state index contributed by atoms with van der Waals surface area (Å²) in [6.45, 7) is 15.6. The third kappa shape index (κ3) is 12.1. The molecule has 1 saturated heterocycles. The molecular formula is C54H77N5O9. The SMILES string of the molecule is CC[C@H](C)C(C(CC(=O)N1CCC[C@H]1C(OC)[C@@H](C)C(=O)N[C@H](C)[C@@H](O)c1ccccc1)OC)N(C)C(=O)[C@@H](NC(=O)[C@H](C(C)C)N(C)C(=O)OCC1c2ccccc2-c2ccccc21)C(C)C. The van der Waals surface area contributed by atoms with E-state index in [-0.39, 0.29) is 60.5 Å². The molecule has 1 aliphatic carbocycles. The summed E-state index contributed by atoms with van der Waals surface area (Å²) >= 11 is 0. The summed E-state index contributed by atoms with van der Waals surface area (Å²) in [7, 11) is 6.32. The van der Waals surface area contributed by atoms with Gasteiger partial charge in [0.25, 0.3) is 0 Å². The van der Waals surface area contributed by atoms with Gasteiger partial charge in [0.2, 0.25) is 23.6 Å². The predicted molar refractivity (Wildman–Crippen MR) is 263 cm³/mol. The topological polar surface area (TPSA) is 167 Å². The van der Waals surface area contributed by atoms with Gasteiger partial charge in [-0.15, -0.1) is 0 Å². The molecule has 5 amide bonds. The first-order valence-corrected chi connectivity index (χ1v) is 24.4. The van der Waals surface area contributed by atoms with E-state index >= 15 is 0 Å². The molecule has 3 N–H and O–H groups in total. The molecule has 14 nitrogen and oxygen atoms in total. The fraction of sp³-hybridized carbons (Fsp3) is 0.574. The van der Waals surface area contributed by atoms with Crippen molar-refractivity contribution in [2.75, 3.05) is 41.5 Å². The third-order valence-electron chi connectivity index (χ3n) is 14.4. The molecule has 0 aromatic heterocycles. The minimum absolute atomic E-state index is 0.0317. The van der Waals surface area contributed by atoms with Crippen LogP contribution < -0.4 is 10.6 Å². The summed E-state index contributed by atoms with van der Waals surface area (Å²) in [6, 6.07) is 21.9. The first-order valence-electron chi connectivity index (χ1n) is 24.4. The Hall–Kier alpha value is -5.31. The Labute approximate surface area is 404 Å². The van der Waals surface area contributed by atoms with Crippen molar-refractivity contribution in [3.8, 4) is 11.1 Å². The fourth-order valence-corrected chi connectivity index (χ4v) is 10.4. The van der Waals surface area contributed by atoms with Crippen molar-refractivity contribution in [2.24, 2.45) is 23.7 Å². The van der Waals surface area contributed by atoms with Crippen LogP contribution in [0.3, 0.4) is 0 Å². The van der Waals surface area contributed by atoms with Crippen LogP contribution in [0.15, 0.2) is 78.9 Å². The number of fused-ring (bicyclic) bond motifs is 3. The zero-order valence-corrected chi connectivity index (χ0v) is 42.3. The summed E-state index contributed by atoms with van der Waals surface area (Å²) in [4.78, 5) is 75.4. The lowest BCUT2D eigenvalue weighted by Crippen LogP contribution is -2.60. The van der Waals surface area contributed by atoms with Gasteiger partial charge in [-0.1, -0.05) is 134 Å². The number of carbonyl (C=O) groups excluding carboxylic acids is 5. The maximum absolute atomic E-state index is 14.7. The first kappa shape index (κ1) is 53.6. The number of nitrogens with zero attached hydrogens (tertiary/aromatic N) is 3. The molecule has 0 saturated carbocycles. The molecule has 10 atom stereocenters. The number of likely N-dealkylation sites (tertiary alicyclic amines) is 1. The molecule has 68 heavy (non-hydrogen) atoms. The van der Waals surface area contributed by atoms with Crippen LogP contribution in [0.4, 0.5) is 4.79 Å². The smallest absolute Gasteiger partial charge is 0.410 e. The Morgan fingerprint density at radius 1 is 0.765 bits per heavy atom. The van der Waals surface area contributed by atoms with E-state index in [1.807, 2.05) is 96.1 Å². The van der Waals surface area contributed by atoms with E-state index in [0.29, 0.717) is 24.9 Å². The van der Waals surface area contributed by atoms with Crippen molar-refractivity contribution in [3.05, 3.63) is 95.6 Å². The van der Waals surface area contributed by atoms with Crippen LogP contribution in [-0.4, -0.2) is 133 Å². The van der Waals surface area contributed by atoms with Crippen LogP contribution in [0.1, 0.15) is 110 Å². The van der Waals surface area contributed by atoms with E-state index < -0.39 is 60.4 Å². The number of carbonyl (C=O) groups is 5. The van der Waals surface area contributed by atoms with Crippen LogP contribution in [-0.2, 0) is 33.4 Å². The second-order valence-electron chi connectivity index (χ2n) is 19.6. The van der Waals surface area contributed by atoms with Crippen LogP contribution >= 0.6 is 0 Å². The number of benzene rings is 3. The lowest BCUT2D eigenvalue weighted by Gasteiger charge is -2.41. The van der Waals surface area contributed by atoms with Gasteiger partial charge in [-0.25, -0.2) is 4.79 Å². The van der Waals surface area contributed by atoms with Gasteiger partial charge in [-0.05, 0) is 65.3 Å². The Bertz CT molecular complexity index is 2120. The van der Waals surface area contributed by atoms with E-state index in [0.717, 1.165) is 28.7 Å². The molecule has 0 radical (unpaired) electrons. The lowest BCUT2D eigenvalue weighted by atomic mass is 9.89. The van der Waals surface area contributed by atoms with Crippen LogP contribution in [0, 0.1) is 23.7 Å². The second-order valence-corrected chi connectivity index (χ2v) is 19.6. The zero-order chi connectivity index (χ0) is 50.0. The van der Waals surface area contributed by atoms with E-state index in [9.17, 15) is 29.1 Å². The minimum atomic E-state index is -0.959. The van der Waals surface area contributed by atoms with Crippen molar-refractivity contribution >= 4 is 29.7 Å². The normalized spacial score (nSPS) is 18.6. The standard InChI is InChI=1S/C54H77N5O9/c1-13-34(6)48(44(66-11)30-45(60)59-29-21-28-43(59)50(67-12)35(7)51(62)55-36(8)49(61)37-22-15-14-16-23-37)57(9)53(64)46(32(2)3)56-52(63)47(33(4)5)58(10)54(65)68-31-42-40-26-19-17-24-38(40)39-25-18-20-27-41(39)42/h14-20,22-27,32-36,42-44,46-50,61H,13,21,28-31H2,1-12H3,(H,55,62)(H,56,63)/t34-,35+,36+,43-,44?,46-,47-,48?,49+,50?/m0/s1. The van der Waals surface area contributed by atoms with Crippen molar-refractivity contribution in [3.63, 3.8) is 0 Å². The average Bonchev–Trinajstić information content (AvgIpc) is 3.95. The van der Waals surface area contributed by atoms with E-state index in [2.05, 4.69) is 34.9 Å². The lowest BCUT2D eigenvalue weighted by molar-refractivity contribution is -0.148. The van der Waals surface area contributed by atoms with Crippen molar-refractivity contribution < 1.29 is 43.3 Å². The average molecular weight is 940 g/mol. The highest BCUT2D eigenvalue weighted by molar-refractivity contribution is 5.92. The number of methoxy groups -OCH3 is 2. The van der Waals surface area contributed by atoms with Crippen LogP contribution in [0.25, 0.3) is 11.1 Å². The summed E-state index contributed by atoms with van der Waals surface area (Å²) in [5.41, 5.74) is 5.09. The minimum Gasteiger partial charge on any atom is -0.448 e. The maximum atomic E-state index is 14.7. The van der Waals surface area contributed by atoms with E-state index in [1.54, 1.807) is 44.9 Å². The molecule has 372 valence electrons. The molecule has 1 heterocycles. The number of nitrogens with one attached hydrogen (secondary N) is 2. The molecule has 0 spiro atoms. The predicted octanol–water partition coefficient (Wildman–Crippen LogP) is 7.19. The van der Waals surface area contributed by atoms with Gasteiger partial charge in [-0.3, -0.25) is 24.1 Å². The number of rotatable bonds is 22. The first-order chi connectivity index (χ1) is 32.4. The fourth-order valence-electron chi connectivity index (χ4n) is 10.4. The van der Waals surface area contributed by atoms with Gasteiger partial charge >= 0.3 is 6.09 Å². The van der Waals surface area contributed by atoms with Gasteiger partial charge in [0, 0.05) is 40.8 Å². The van der Waals surface area contributed by atoms with Crippen molar-refractivity contribution in [1.29, 1.82) is 0 Å². The molecular weight excluding hydrogens is 863 g/mol. The molecule has 2 aliphatic rings. The van der Waals surface area contributed by atoms with Gasteiger partial charge < -0.3 is 39.8 Å². The highest BCUT2D eigenvalue weighted by Gasteiger charge is 2.44. The number of hydrogen-bond acceptors (Lipinski definition) is 9. The Morgan fingerprint density at radius 2 is 1.35 bits per heavy atom. The van der Waals surface area contributed by atoms with E-state index in [1.165, 1.54) is 12.0 Å². The Balaban J connectivity index is 1.25. The van der Waals surface area contributed by atoms with Gasteiger partial charge in [0.05, 0.1) is 48.8 Å². The summed E-state index contributed by atoms with van der Waals surface area (Å²) in [6.07, 6.45) is -0.862.